The number of allylic oxidation sites excluding steroid dienone is 3. The van der Waals surface area contributed by atoms with Gasteiger partial charge in [0.15, 0.2) is 0 Å². The second-order valence-corrected chi connectivity index (χ2v) is 4.15. The molecule has 0 aromatic carbocycles. The van der Waals surface area contributed by atoms with Crippen molar-refractivity contribution < 1.29 is 5.11 Å². The summed E-state index contributed by atoms with van der Waals surface area (Å²) in [6.07, 6.45) is 7.15. The molecule has 0 fully saturated rings. The summed E-state index contributed by atoms with van der Waals surface area (Å²) in [4.78, 5) is 0. The Balaban J connectivity index is 3.97. The van der Waals surface area contributed by atoms with E-state index in [4.69, 9.17) is 5.11 Å². The van der Waals surface area contributed by atoms with E-state index < -0.39 is 0 Å². The summed E-state index contributed by atoms with van der Waals surface area (Å²) < 4.78 is 0. The van der Waals surface area contributed by atoms with Gasteiger partial charge in [-0.25, -0.2) is 0 Å². The van der Waals surface area contributed by atoms with Gasteiger partial charge >= 0.3 is 0 Å². The Kier molecular flexibility index (Phi) is 5.72. The van der Waals surface area contributed by atoms with Gasteiger partial charge in [-0.2, -0.15) is 0 Å². The Bertz CT molecular complexity index is 178. The maximum Gasteiger partial charge on any atom is 0.0439 e. The number of hydrogen-bond acceptors (Lipinski definition) is 1. The van der Waals surface area contributed by atoms with Gasteiger partial charge in [0.05, 0.1) is 0 Å². The van der Waals surface area contributed by atoms with Gasteiger partial charge in [0.25, 0.3) is 0 Å². The molecule has 0 aliphatic carbocycles. The van der Waals surface area contributed by atoms with Gasteiger partial charge in [-0.1, -0.05) is 24.6 Å². The van der Waals surface area contributed by atoms with Gasteiger partial charge in [-0.15, -0.1) is 6.58 Å². The summed E-state index contributed by atoms with van der Waals surface area (Å²) in [7, 11) is 0. The Hall–Kier alpha value is -0.560. The van der Waals surface area contributed by atoms with Crippen LogP contribution in [0.4, 0.5) is 0 Å². The van der Waals surface area contributed by atoms with E-state index in [1.165, 1.54) is 5.57 Å². The molecule has 1 heteroatoms. The lowest BCUT2D eigenvalue weighted by Gasteiger charge is -2.23. The molecule has 0 rings (SSSR count). The van der Waals surface area contributed by atoms with Gasteiger partial charge in [0, 0.05) is 6.61 Å². The quantitative estimate of drug-likeness (QED) is 0.625. The minimum atomic E-state index is 0.0979. The van der Waals surface area contributed by atoms with E-state index >= 15 is 0 Å². The summed E-state index contributed by atoms with van der Waals surface area (Å²) in [5.74, 6) is 0. The van der Waals surface area contributed by atoms with Crippen LogP contribution in [-0.4, -0.2) is 11.7 Å². The molecule has 0 aliphatic heterocycles. The SMILES string of the molecule is C=CC(C)(CCO)CCC=C(C)C. The Morgan fingerprint density at radius 2 is 2.00 bits per heavy atom. The molecule has 0 bridgehead atoms. The van der Waals surface area contributed by atoms with Crippen LogP contribution >= 0.6 is 0 Å². The molecule has 0 amide bonds. The molecule has 0 saturated carbocycles. The van der Waals surface area contributed by atoms with Crippen molar-refractivity contribution >= 4 is 0 Å². The zero-order valence-electron chi connectivity index (χ0n) is 9.14. The van der Waals surface area contributed by atoms with Gasteiger partial charge in [-0.3, -0.25) is 0 Å². The number of aliphatic hydroxyl groups is 1. The molecule has 76 valence electrons. The Labute approximate surface area is 82.2 Å². The fraction of sp³-hybridized carbons (Fsp3) is 0.667. The van der Waals surface area contributed by atoms with E-state index in [-0.39, 0.29) is 12.0 Å². The highest BCUT2D eigenvalue weighted by atomic mass is 16.3. The smallest absolute Gasteiger partial charge is 0.0439 e. The molecule has 0 spiro atoms. The molecule has 0 aromatic heterocycles. The lowest BCUT2D eigenvalue weighted by molar-refractivity contribution is 0.224. The molecule has 0 aromatic rings. The molecule has 13 heavy (non-hydrogen) atoms. The Morgan fingerprint density at radius 3 is 2.38 bits per heavy atom. The molecular weight excluding hydrogens is 160 g/mol. The van der Waals surface area contributed by atoms with Gasteiger partial charge in [0.1, 0.15) is 0 Å². The predicted octanol–water partition coefficient (Wildman–Crippen LogP) is 3.31. The normalized spacial score (nSPS) is 14.8. The third-order valence-corrected chi connectivity index (χ3v) is 2.44. The van der Waals surface area contributed by atoms with Crippen LogP contribution in [0.5, 0.6) is 0 Å². The van der Waals surface area contributed by atoms with Crippen LogP contribution in [0.3, 0.4) is 0 Å². The number of rotatable bonds is 6. The zero-order chi connectivity index (χ0) is 10.3. The van der Waals surface area contributed by atoms with Crippen LogP contribution in [0.1, 0.15) is 40.0 Å². The largest absolute Gasteiger partial charge is 0.396 e. The zero-order valence-corrected chi connectivity index (χ0v) is 9.14. The van der Waals surface area contributed by atoms with Crippen LogP contribution in [0.25, 0.3) is 0 Å². The topological polar surface area (TPSA) is 20.2 Å². The van der Waals surface area contributed by atoms with E-state index in [1.54, 1.807) is 0 Å². The summed E-state index contributed by atoms with van der Waals surface area (Å²) in [6, 6.07) is 0. The van der Waals surface area contributed by atoms with E-state index in [0.717, 1.165) is 19.3 Å². The second-order valence-electron chi connectivity index (χ2n) is 4.15. The van der Waals surface area contributed by atoms with Crippen LogP contribution in [0, 0.1) is 5.41 Å². The first-order chi connectivity index (χ1) is 6.04. The second kappa shape index (κ2) is 5.98. The minimum Gasteiger partial charge on any atom is -0.396 e. The first-order valence-corrected chi connectivity index (χ1v) is 4.92. The van der Waals surface area contributed by atoms with Crippen molar-refractivity contribution in [1.29, 1.82) is 0 Å². The fourth-order valence-corrected chi connectivity index (χ4v) is 1.28. The molecule has 0 heterocycles. The fourth-order valence-electron chi connectivity index (χ4n) is 1.28. The van der Waals surface area contributed by atoms with Crippen LogP contribution in [0.15, 0.2) is 24.3 Å². The first kappa shape index (κ1) is 12.4. The third kappa shape index (κ3) is 5.64. The lowest BCUT2D eigenvalue weighted by atomic mass is 9.82. The predicted molar refractivity (Wildman–Crippen MR) is 58.7 cm³/mol. The highest BCUT2D eigenvalue weighted by Crippen LogP contribution is 2.28. The minimum absolute atomic E-state index is 0.0979. The lowest BCUT2D eigenvalue weighted by Crippen LogP contribution is -2.14. The van der Waals surface area contributed by atoms with E-state index in [2.05, 4.69) is 33.4 Å². The van der Waals surface area contributed by atoms with Crippen LogP contribution in [-0.2, 0) is 0 Å². The van der Waals surface area contributed by atoms with E-state index in [0.29, 0.717) is 0 Å². The average Bonchev–Trinajstić information content (AvgIpc) is 2.04. The summed E-state index contributed by atoms with van der Waals surface area (Å²) in [6.45, 7) is 10.4. The monoisotopic (exact) mass is 182 g/mol. The standard InChI is InChI=1S/C12H22O/c1-5-12(4,9-10-13)8-6-7-11(2)3/h5,7,13H,1,6,8-10H2,2-4H3. The maximum atomic E-state index is 8.88. The molecule has 0 radical (unpaired) electrons. The van der Waals surface area contributed by atoms with Crippen molar-refractivity contribution in [2.45, 2.75) is 40.0 Å². The molecule has 0 saturated heterocycles. The molecule has 1 nitrogen and oxygen atoms in total. The number of aliphatic hydroxyl groups excluding tert-OH is 1. The van der Waals surface area contributed by atoms with Crippen molar-refractivity contribution in [1.82, 2.24) is 0 Å². The first-order valence-electron chi connectivity index (χ1n) is 4.92. The molecule has 1 N–H and O–H groups in total. The third-order valence-electron chi connectivity index (χ3n) is 2.44. The van der Waals surface area contributed by atoms with E-state index in [1.807, 2.05) is 6.08 Å². The van der Waals surface area contributed by atoms with Crippen molar-refractivity contribution in [2.75, 3.05) is 6.61 Å². The molecule has 0 aliphatic rings. The molecular formula is C12H22O. The molecule has 1 atom stereocenters. The molecule has 1 unspecified atom stereocenters. The summed E-state index contributed by atoms with van der Waals surface area (Å²) in [5, 5.41) is 8.88. The van der Waals surface area contributed by atoms with Crippen molar-refractivity contribution in [3.63, 3.8) is 0 Å². The van der Waals surface area contributed by atoms with Crippen molar-refractivity contribution in [3.05, 3.63) is 24.3 Å². The van der Waals surface area contributed by atoms with Crippen molar-refractivity contribution in [2.24, 2.45) is 5.41 Å². The highest BCUT2D eigenvalue weighted by molar-refractivity contribution is 4.97. The van der Waals surface area contributed by atoms with E-state index in [9.17, 15) is 0 Å². The van der Waals surface area contributed by atoms with Gasteiger partial charge in [-0.05, 0) is 38.5 Å². The average molecular weight is 182 g/mol. The highest BCUT2D eigenvalue weighted by Gasteiger charge is 2.17. The Morgan fingerprint density at radius 1 is 1.38 bits per heavy atom. The van der Waals surface area contributed by atoms with Crippen LogP contribution < -0.4 is 0 Å². The van der Waals surface area contributed by atoms with Gasteiger partial charge in [0.2, 0.25) is 0 Å². The summed E-state index contributed by atoms with van der Waals surface area (Å²) in [5.41, 5.74) is 1.45. The van der Waals surface area contributed by atoms with Gasteiger partial charge < -0.3 is 5.11 Å². The van der Waals surface area contributed by atoms with Crippen molar-refractivity contribution in [3.8, 4) is 0 Å². The maximum absolute atomic E-state index is 8.88. The number of hydrogen-bond donors (Lipinski definition) is 1. The van der Waals surface area contributed by atoms with Crippen LogP contribution in [0.2, 0.25) is 0 Å². The summed E-state index contributed by atoms with van der Waals surface area (Å²) >= 11 is 0.